The first-order valence-corrected chi connectivity index (χ1v) is 7.36. The summed E-state index contributed by atoms with van der Waals surface area (Å²) < 4.78 is 0. The van der Waals surface area contributed by atoms with Gasteiger partial charge in [0.15, 0.2) is 0 Å². The smallest absolute Gasteiger partial charge is 0.257 e. The van der Waals surface area contributed by atoms with Crippen molar-refractivity contribution in [3.63, 3.8) is 0 Å². The molecule has 0 bridgehead atoms. The molecule has 1 heterocycles. The maximum Gasteiger partial charge on any atom is 0.257 e. The largest absolute Gasteiger partial charge is 0.398 e. The van der Waals surface area contributed by atoms with Crippen LogP contribution in [0.3, 0.4) is 0 Å². The average Bonchev–Trinajstić information content (AvgIpc) is 2.61. The number of rotatable bonds is 3. The maximum atomic E-state index is 12.5. The first-order valence-electron chi connectivity index (χ1n) is 7.36. The Bertz CT molecular complexity index is 937. The van der Waals surface area contributed by atoms with Crippen LogP contribution in [-0.2, 0) is 0 Å². The summed E-state index contributed by atoms with van der Waals surface area (Å²) in [5.74, 6) is -0.651. The van der Waals surface area contributed by atoms with E-state index >= 15 is 0 Å². The lowest BCUT2D eigenvalue weighted by Gasteiger charge is -2.10. The molecule has 0 radical (unpaired) electrons. The molecule has 0 aliphatic rings. The number of anilines is 2. The van der Waals surface area contributed by atoms with E-state index in [1.165, 1.54) is 13.1 Å². The predicted octanol–water partition coefficient (Wildman–Crippen LogP) is 2.43. The normalized spacial score (nSPS) is 10.4. The van der Waals surface area contributed by atoms with Crippen molar-refractivity contribution in [3.05, 3.63) is 65.9 Å². The molecule has 1 aromatic heterocycles. The Morgan fingerprint density at radius 2 is 1.88 bits per heavy atom. The molecule has 0 aliphatic carbocycles. The Balaban J connectivity index is 1.89. The SMILES string of the molecule is CNC(=O)c1ccc(N)c(C(=O)Nc2ccc3ncccc3c2)c1. The molecule has 24 heavy (non-hydrogen) atoms. The van der Waals surface area contributed by atoms with Gasteiger partial charge in [-0.2, -0.15) is 0 Å². The average molecular weight is 320 g/mol. The molecular weight excluding hydrogens is 304 g/mol. The van der Waals surface area contributed by atoms with E-state index in [0.29, 0.717) is 16.9 Å². The molecule has 0 saturated carbocycles. The standard InChI is InChI=1S/C18H16N4O2/c1-20-17(23)12-4-6-15(19)14(10-12)18(24)22-13-5-7-16-11(9-13)3-2-8-21-16/h2-10H,19H2,1H3,(H,20,23)(H,22,24). The number of aromatic nitrogens is 1. The molecule has 0 aliphatic heterocycles. The van der Waals surface area contributed by atoms with Gasteiger partial charge in [0, 0.05) is 35.6 Å². The number of nitrogens with zero attached hydrogens (tertiary/aromatic N) is 1. The molecule has 0 unspecified atom stereocenters. The quantitative estimate of drug-likeness (QED) is 0.646. The van der Waals surface area contributed by atoms with E-state index in [0.717, 1.165) is 10.9 Å². The van der Waals surface area contributed by atoms with Gasteiger partial charge in [-0.05, 0) is 42.5 Å². The number of benzene rings is 2. The monoisotopic (exact) mass is 320 g/mol. The summed E-state index contributed by atoms with van der Waals surface area (Å²) in [6, 6.07) is 13.8. The third kappa shape index (κ3) is 3.03. The Kier molecular flexibility index (Phi) is 4.11. The zero-order chi connectivity index (χ0) is 17.1. The van der Waals surface area contributed by atoms with Gasteiger partial charge in [0.05, 0.1) is 11.1 Å². The number of hydrogen-bond acceptors (Lipinski definition) is 4. The van der Waals surface area contributed by atoms with Gasteiger partial charge >= 0.3 is 0 Å². The number of carbonyl (C=O) groups is 2. The van der Waals surface area contributed by atoms with Crippen molar-refractivity contribution in [2.45, 2.75) is 0 Å². The van der Waals surface area contributed by atoms with Crippen molar-refractivity contribution in [1.29, 1.82) is 0 Å². The fourth-order valence-electron chi connectivity index (χ4n) is 2.39. The number of hydrogen-bond donors (Lipinski definition) is 3. The summed E-state index contributed by atoms with van der Waals surface area (Å²) in [5, 5.41) is 6.23. The van der Waals surface area contributed by atoms with Crippen LogP contribution in [0.5, 0.6) is 0 Å². The van der Waals surface area contributed by atoms with Gasteiger partial charge in [-0.15, -0.1) is 0 Å². The molecule has 4 N–H and O–H groups in total. The zero-order valence-corrected chi connectivity index (χ0v) is 13.0. The van der Waals surface area contributed by atoms with Crippen molar-refractivity contribution in [1.82, 2.24) is 10.3 Å². The molecular formula is C18H16N4O2. The number of amides is 2. The van der Waals surface area contributed by atoms with Gasteiger partial charge in [-0.3, -0.25) is 14.6 Å². The van der Waals surface area contributed by atoms with E-state index in [9.17, 15) is 9.59 Å². The third-order valence-electron chi connectivity index (χ3n) is 3.65. The highest BCUT2D eigenvalue weighted by atomic mass is 16.2. The molecule has 2 aromatic carbocycles. The molecule has 6 heteroatoms. The van der Waals surface area contributed by atoms with Crippen molar-refractivity contribution in [2.75, 3.05) is 18.1 Å². The van der Waals surface area contributed by atoms with Crippen LogP contribution >= 0.6 is 0 Å². The van der Waals surface area contributed by atoms with Crippen LogP contribution in [-0.4, -0.2) is 23.8 Å². The Morgan fingerprint density at radius 1 is 1.04 bits per heavy atom. The highest BCUT2D eigenvalue weighted by Gasteiger charge is 2.13. The van der Waals surface area contributed by atoms with Crippen LogP contribution in [0.25, 0.3) is 10.9 Å². The summed E-state index contributed by atoms with van der Waals surface area (Å²) in [6.07, 6.45) is 1.71. The van der Waals surface area contributed by atoms with Gasteiger partial charge in [-0.1, -0.05) is 6.07 Å². The van der Waals surface area contributed by atoms with Crippen molar-refractivity contribution < 1.29 is 9.59 Å². The van der Waals surface area contributed by atoms with E-state index in [1.807, 2.05) is 24.3 Å². The molecule has 120 valence electrons. The third-order valence-corrected chi connectivity index (χ3v) is 3.65. The lowest BCUT2D eigenvalue weighted by Crippen LogP contribution is -2.20. The topological polar surface area (TPSA) is 97.1 Å². The Hall–Kier alpha value is -3.41. The molecule has 0 saturated heterocycles. The second kappa shape index (κ2) is 6.37. The van der Waals surface area contributed by atoms with Crippen LogP contribution in [0.4, 0.5) is 11.4 Å². The first kappa shape index (κ1) is 15.5. The second-order valence-corrected chi connectivity index (χ2v) is 5.25. The lowest BCUT2D eigenvalue weighted by molar-refractivity contribution is 0.0963. The number of pyridine rings is 1. The number of carbonyl (C=O) groups excluding carboxylic acids is 2. The lowest BCUT2D eigenvalue weighted by atomic mass is 10.1. The zero-order valence-electron chi connectivity index (χ0n) is 13.0. The van der Waals surface area contributed by atoms with Gasteiger partial charge in [0.25, 0.3) is 11.8 Å². The van der Waals surface area contributed by atoms with Crippen LogP contribution in [0.2, 0.25) is 0 Å². The van der Waals surface area contributed by atoms with Crippen LogP contribution in [0.15, 0.2) is 54.7 Å². The number of nitrogens with two attached hydrogens (primary N) is 1. The molecule has 0 atom stereocenters. The summed E-state index contributed by atoms with van der Waals surface area (Å²) >= 11 is 0. The summed E-state index contributed by atoms with van der Waals surface area (Å²) in [6.45, 7) is 0. The van der Waals surface area contributed by atoms with Gasteiger partial charge in [0.2, 0.25) is 0 Å². The van der Waals surface area contributed by atoms with Gasteiger partial charge < -0.3 is 16.4 Å². The van der Waals surface area contributed by atoms with E-state index in [2.05, 4.69) is 15.6 Å². The van der Waals surface area contributed by atoms with Crippen molar-refractivity contribution in [2.24, 2.45) is 0 Å². The minimum Gasteiger partial charge on any atom is -0.398 e. The van der Waals surface area contributed by atoms with Crippen molar-refractivity contribution >= 4 is 34.1 Å². The van der Waals surface area contributed by atoms with Gasteiger partial charge in [-0.25, -0.2) is 0 Å². The predicted molar refractivity (Wildman–Crippen MR) is 93.9 cm³/mol. The molecule has 6 nitrogen and oxygen atoms in total. The molecule has 3 aromatic rings. The highest BCUT2D eigenvalue weighted by Crippen LogP contribution is 2.20. The van der Waals surface area contributed by atoms with E-state index in [1.54, 1.807) is 24.4 Å². The van der Waals surface area contributed by atoms with E-state index in [-0.39, 0.29) is 17.4 Å². The summed E-state index contributed by atoms with van der Waals surface area (Å²) in [4.78, 5) is 28.4. The number of nitrogens with one attached hydrogen (secondary N) is 2. The highest BCUT2D eigenvalue weighted by molar-refractivity contribution is 6.10. The molecule has 2 amide bonds. The second-order valence-electron chi connectivity index (χ2n) is 5.25. The molecule has 3 rings (SSSR count). The Morgan fingerprint density at radius 3 is 2.67 bits per heavy atom. The first-order chi connectivity index (χ1) is 11.6. The molecule has 0 spiro atoms. The minimum atomic E-state index is -0.374. The van der Waals surface area contributed by atoms with Crippen LogP contribution in [0.1, 0.15) is 20.7 Å². The Labute approximate surface area is 138 Å². The number of fused-ring (bicyclic) bond motifs is 1. The minimum absolute atomic E-state index is 0.252. The molecule has 0 fully saturated rings. The number of nitrogen functional groups attached to an aromatic ring is 1. The van der Waals surface area contributed by atoms with Crippen LogP contribution < -0.4 is 16.4 Å². The van der Waals surface area contributed by atoms with Crippen molar-refractivity contribution in [3.8, 4) is 0 Å². The van der Waals surface area contributed by atoms with E-state index in [4.69, 9.17) is 5.73 Å². The summed E-state index contributed by atoms with van der Waals surface area (Å²) in [7, 11) is 1.53. The fourth-order valence-corrected chi connectivity index (χ4v) is 2.39. The van der Waals surface area contributed by atoms with Gasteiger partial charge in [0.1, 0.15) is 0 Å². The maximum absolute atomic E-state index is 12.5. The van der Waals surface area contributed by atoms with E-state index < -0.39 is 0 Å². The summed E-state index contributed by atoms with van der Waals surface area (Å²) in [5.41, 5.74) is 8.28. The van der Waals surface area contributed by atoms with Crippen LogP contribution in [0, 0.1) is 0 Å². The fraction of sp³-hybridized carbons (Fsp3) is 0.0556.